The fourth-order valence-corrected chi connectivity index (χ4v) is 3.71. The van der Waals surface area contributed by atoms with E-state index in [4.69, 9.17) is 20.8 Å². The Labute approximate surface area is 196 Å². The predicted octanol–water partition coefficient (Wildman–Crippen LogP) is 4.29. The van der Waals surface area contributed by atoms with Crippen LogP contribution in [0.3, 0.4) is 0 Å². The van der Waals surface area contributed by atoms with Crippen LogP contribution in [-0.4, -0.2) is 29.6 Å². The molecular weight excluding hydrogens is 446 g/mol. The minimum absolute atomic E-state index is 0.109. The number of hydrogen-bond donors (Lipinski definition) is 2. The molecule has 1 atom stereocenters. The fourth-order valence-electron chi connectivity index (χ4n) is 3.58. The number of benzene rings is 2. The van der Waals surface area contributed by atoms with Gasteiger partial charge in [0.15, 0.2) is 6.61 Å². The summed E-state index contributed by atoms with van der Waals surface area (Å²) < 4.78 is 11.1. The van der Waals surface area contributed by atoms with E-state index in [1.807, 2.05) is 6.92 Å². The van der Waals surface area contributed by atoms with Crippen molar-refractivity contribution in [3.63, 3.8) is 0 Å². The van der Waals surface area contributed by atoms with E-state index in [9.17, 15) is 19.5 Å². The Bertz CT molecular complexity index is 1200. The third-order valence-corrected chi connectivity index (χ3v) is 5.43. The number of halogens is 1. The fraction of sp³-hybridized carbons (Fsp3) is 0.320. The zero-order valence-electron chi connectivity index (χ0n) is 18.5. The van der Waals surface area contributed by atoms with Crippen molar-refractivity contribution < 1.29 is 23.8 Å². The van der Waals surface area contributed by atoms with Gasteiger partial charge in [0, 0.05) is 17.5 Å². The number of aryl methyl sites for hydroxylation is 2. The second-order valence-corrected chi connectivity index (χ2v) is 8.34. The van der Waals surface area contributed by atoms with Gasteiger partial charge < -0.3 is 19.6 Å². The molecule has 3 rings (SSSR count). The third-order valence-electron chi connectivity index (χ3n) is 5.18. The van der Waals surface area contributed by atoms with Crippen LogP contribution in [0.1, 0.15) is 36.5 Å². The number of fused-ring (bicyclic) bond motifs is 1. The van der Waals surface area contributed by atoms with Crippen LogP contribution >= 0.6 is 11.6 Å². The molecule has 174 valence electrons. The highest BCUT2D eigenvalue weighted by Crippen LogP contribution is 2.30. The van der Waals surface area contributed by atoms with Crippen molar-refractivity contribution >= 4 is 34.4 Å². The van der Waals surface area contributed by atoms with Gasteiger partial charge in [-0.2, -0.15) is 0 Å². The van der Waals surface area contributed by atoms with Crippen molar-refractivity contribution in [1.29, 1.82) is 0 Å². The molecule has 0 radical (unpaired) electrons. The zero-order chi connectivity index (χ0) is 24.0. The zero-order valence-corrected chi connectivity index (χ0v) is 19.3. The maximum atomic E-state index is 12.5. The summed E-state index contributed by atoms with van der Waals surface area (Å²) >= 11 is 5.87. The van der Waals surface area contributed by atoms with E-state index < -0.39 is 23.5 Å². The van der Waals surface area contributed by atoms with Crippen molar-refractivity contribution in [2.45, 2.75) is 45.6 Å². The van der Waals surface area contributed by atoms with Crippen LogP contribution in [0.4, 0.5) is 0 Å². The largest absolute Gasteiger partial charge is 0.483 e. The van der Waals surface area contributed by atoms with Gasteiger partial charge in [-0.05, 0) is 60.7 Å². The first kappa shape index (κ1) is 24.3. The van der Waals surface area contributed by atoms with Crippen molar-refractivity contribution in [3.8, 4) is 5.75 Å². The third kappa shape index (κ3) is 6.58. The summed E-state index contributed by atoms with van der Waals surface area (Å²) in [4.78, 5) is 36.1. The minimum Gasteiger partial charge on any atom is -0.483 e. The van der Waals surface area contributed by atoms with Crippen LogP contribution in [0.15, 0.2) is 51.7 Å². The maximum absolute atomic E-state index is 12.5. The molecule has 1 aromatic heterocycles. The van der Waals surface area contributed by atoms with E-state index in [2.05, 4.69) is 12.2 Å². The Morgan fingerprint density at radius 1 is 1.18 bits per heavy atom. The van der Waals surface area contributed by atoms with Gasteiger partial charge in [0.1, 0.15) is 17.4 Å². The molecule has 0 fully saturated rings. The second kappa shape index (κ2) is 11.0. The monoisotopic (exact) mass is 471 g/mol. The summed E-state index contributed by atoms with van der Waals surface area (Å²) in [5.41, 5.74) is 2.29. The lowest BCUT2D eigenvalue weighted by atomic mass is 10.0. The molecule has 1 amide bonds. The Morgan fingerprint density at radius 2 is 1.91 bits per heavy atom. The van der Waals surface area contributed by atoms with E-state index in [1.165, 1.54) is 6.07 Å². The van der Waals surface area contributed by atoms with Gasteiger partial charge in [0.2, 0.25) is 0 Å². The molecular formula is C25H26ClNO6. The topological polar surface area (TPSA) is 106 Å². The second-order valence-electron chi connectivity index (χ2n) is 7.91. The average Bonchev–Trinajstić information content (AvgIpc) is 2.76. The molecule has 0 saturated heterocycles. The first-order valence-corrected chi connectivity index (χ1v) is 11.1. The number of amides is 1. The quantitative estimate of drug-likeness (QED) is 0.427. The standard InChI is InChI=1S/C25H26ClNO6/c1-3-4-5-17-13-23(29)33-21-11-15(2)10-20(24(17)21)32-14-22(28)27-19(25(30)31)12-16-6-8-18(26)9-7-16/h6-11,13,19H,3-5,12,14H2,1-2H3,(H,27,28)(H,30,31)/t19-/m1/s1. The number of nitrogens with one attached hydrogen (secondary N) is 1. The Morgan fingerprint density at radius 3 is 2.58 bits per heavy atom. The number of carbonyl (C=O) groups is 2. The Kier molecular flexibility index (Phi) is 8.11. The van der Waals surface area contributed by atoms with Gasteiger partial charge in [-0.1, -0.05) is 37.1 Å². The van der Waals surface area contributed by atoms with Crippen molar-refractivity contribution in [1.82, 2.24) is 5.32 Å². The normalized spacial score (nSPS) is 11.8. The lowest BCUT2D eigenvalue weighted by molar-refractivity contribution is -0.142. The highest BCUT2D eigenvalue weighted by atomic mass is 35.5. The van der Waals surface area contributed by atoms with Gasteiger partial charge in [0.25, 0.3) is 5.91 Å². The summed E-state index contributed by atoms with van der Waals surface area (Å²) in [5.74, 6) is -1.30. The molecule has 0 unspecified atom stereocenters. The lowest BCUT2D eigenvalue weighted by Crippen LogP contribution is -2.44. The minimum atomic E-state index is -1.15. The van der Waals surface area contributed by atoms with Crippen LogP contribution < -0.4 is 15.7 Å². The Hall–Kier alpha value is -3.32. The molecule has 7 nitrogen and oxygen atoms in total. The van der Waals surface area contributed by atoms with Crippen molar-refractivity contribution in [3.05, 3.63) is 74.6 Å². The van der Waals surface area contributed by atoms with Crippen LogP contribution in [0.5, 0.6) is 5.75 Å². The smallest absolute Gasteiger partial charge is 0.336 e. The molecule has 0 aliphatic heterocycles. The molecule has 0 aliphatic carbocycles. The number of carboxylic acids is 1. The summed E-state index contributed by atoms with van der Waals surface area (Å²) in [6.45, 7) is 3.51. The van der Waals surface area contributed by atoms with Crippen LogP contribution in [-0.2, 0) is 22.4 Å². The van der Waals surface area contributed by atoms with Gasteiger partial charge in [-0.25, -0.2) is 9.59 Å². The van der Waals surface area contributed by atoms with Gasteiger partial charge in [0.05, 0.1) is 5.39 Å². The maximum Gasteiger partial charge on any atom is 0.336 e. The van der Waals surface area contributed by atoms with E-state index >= 15 is 0 Å². The van der Waals surface area contributed by atoms with E-state index in [0.717, 1.165) is 29.5 Å². The summed E-state index contributed by atoms with van der Waals surface area (Å²) in [7, 11) is 0. The number of hydrogen-bond acceptors (Lipinski definition) is 5. The highest BCUT2D eigenvalue weighted by Gasteiger charge is 2.21. The molecule has 8 heteroatoms. The molecule has 0 saturated carbocycles. The summed E-state index contributed by atoms with van der Waals surface area (Å²) in [6, 6.07) is 10.6. The van der Waals surface area contributed by atoms with E-state index in [-0.39, 0.29) is 13.0 Å². The molecule has 33 heavy (non-hydrogen) atoms. The molecule has 2 N–H and O–H groups in total. The number of aliphatic carboxylic acids is 1. The summed E-state index contributed by atoms with van der Waals surface area (Å²) in [6.07, 6.45) is 2.62. The Balaban J connectivity index is 1.76. The molecule has 0 spiro atoms. The van der Waals surface area contributed by atoms with Gasteiger partial charge >= 0.3 is 11.6 Å². The van der Waals surface area contributed by atoms with Crippen LogP contribution in [0.25, 0.3) is 11.0 Å². The average molecular weight is 472 g/mol. The highest BCUT2D eigenvalue weighted by molar-refractivity contribution is 6.30. The van der Waals surface area contributed by atoms with Crippen LogP contribution in [0, 0.1) is 6.92 Å². The van der Waals surface area contributed by atoms with Crippen molar-refractivity contribution in [2.75, 3.05) is 6.61 Å². The van der Waals surface area contributed by atoms with Gasteiger partial charge in [-0.15, -0.1) is 0 Å². The molecule has 1 heterocycles. The van der Waals surface area contributed by atoms with E-state index in [0.29, 0.717) is 28.2 Å². The lowest BCUT2D eigenvalue weighted by Gasteiger charge is -2.16. The van der Waals surface area contributed by atoms with Crippen LogP contribution in [0.2, 0.25) is 5.02 Å². The number of ether oxygens (including phenoxy) is 1. The molecule has 0 aliphatic rings. The molecule has 3 aromatic rings. The predicted molar refractivity (Wildman–Crippen MR) is 126 cm³/mol. The molecule has 2 aromatic carbocycles. The number of rotatable bonds is 10. The first-order chi connectivity index (χ1) is 15.8. The van der Waals surface area contributed by atoms with Gasteiger partial charge in [-0.3, -0.25) is 4.79 Å². The van der Waals surface area contributed by atoms with E-state index in [1.54, 1.807) is 36.4 Å². The first-order valence-electron chi connectivity index (χ1n) is 10.7. The number of carboxylic acid groups (broad SMARTS) is 1. The SMILES string of the molecule is CCCCc1cc(=O)oc2cc(C)cc(OCC(=O)N[C@H](Cc3ccc(Cl)cc3)C(=O)O)c12. The van der Waals surface area contributed by atoms with Crippen molar-refractivity contribution in [2.24, 2.45) is 0 Å². The summed E-state index contributed by atoms with van der Waals surface area (Å²) in [5, 5.41) is 13.2. The number of unbranched alkanes of at least 4 members (excludes halogenated alkanes) is 1. The number of carbonyl (C=O) groups excluding carboxylic acids is 1. The molecule has 0 bridgehead atoms.